The molecule has 0 aliphatic rings. The van der Waals surface area contributed by atoms with Crippen molar-refractivity contribution >= 4 is 37.6 Å². The summed E-state index contributed by atoms with van der Waals surface area (Å²) in [6.07, 6.45) is 0. The van der Waals surface area contributed by atoms with Crippen LogP contribution < -0.4 is 0 Å². The second-order valence-corrected chi connectivity index (χ2v) is 1.93. The molecule has 0 radical (unpaired) electrons. The highest BCUT2D eigenvalue weighted by Gasteiger charge is 1.89. The van der Waals surface area contributed by atoms with E-state index in [1.54, 1.807) is 0 Å². The first-order chi connectivity index (χ1) is 2.81. The quantitative estimate of drug-likeness (QED) is 0.505. The van der Waals surface area contributed by atoms with E-state index in [0.717, 1.165) is 0 Å². The minimum Gasteiger partial charge on any atom is -0.298 e. The third-order valence-electron chi connectivity index (χ3n) is 0.298. The van der Waals surface area contributed by atoms with Gasteiger partial charge in [0.25, 0.3) is 0 Å². The van der Waals surface area contributed by atoms with E-state index in [1.165, 1.54) is 0 Å². The molecule has 0 aliphatic carbocycles. The van der Waals surface area contributed by atoms with Crippen LogP contribution in [0, 0.1) is 0 Å². The maximum absolute atomic E-state index is 10.1. The average Bonchev–Trinajstić information content (AvgIpc) is 1.65. The molecule has 0 bridgehead atoms. The molecule has 0 fully saturated rings. The molecule has 0 N–H and O–H groups in total. The van der Waals surface area contributed by atoms with Crippen LogP contribution >= 0.6 is 31.9 Å². The van der Waals surface area contributed by atoms with Crippen LogP contribution in [0.15, 0.2) is 0 Å². The second kappa shape index (κ2) is 3.81. The Morgan fingerprint density at radius 1 is 1.33 bits per heavy atom. The monoisotopic (exact) mass is 217 g/mol. The molecule has 0 spiro atoms. The molecule has 0 saturated heterocycles. The Labute approximate surface area is 53.4 Å². The van der Waals surface area contributed by atoms with Gasteiger partial charge in [0, 0.05) is 0 Å². The summed E-state index contributed by atoms with van der Waals surface area (Å²) in [5.41, 5.74) is 0. The normalized spacial score (nSPS) is 8.33. The number of hydrogen-bond donors (Lipinski definition) is 0. The number of carbonyl (C=O) groups is 1. The van der Waals surface area contributed by atoms with Crippen molar-refractivity contribution in [1.29, 1.82) is 0 Å². The first-order valence-electron chi connectivity index (χ1n) is 1.45. The lowest BCUT2D eigenvalue weighted by atomic mass is 11.5. The number of hydrogen-bond acceptors (Lipinski definition) is 1. The van der Waals surface area contributed by atoms with Gasteiger partial charge in [-0.2, -0.15) is 0 Å². The second-order valence-electron chi connectivity index (χ2n) is 0.806. The Balaban J connectivity index is 2.99. The molecule has 0 aliphatic heterocycles. The predicted molar refractivity (Wildman–Crippen MR) is 32.6 cm³/mol. The average molecular weight is 219 g/mol. The van der Waals surface area contributed by atoms with Crippen LogP contribution in [0.3, 0.4) is 0 Å². The molecule has 0 aromatic rings. The van der Waals surface area contributed by atoms with Crippen LogP contribution in [-0.2, 0) is 4.79 Å². The molecule has 0 heterocycles. The van der Waals surface area contributed by atoms with E-state index in [9.17, 15) is 4.79 Å². The lowest BCUT2D eigenvalue weighted by molar-refractivity contribution is -0.114. The summed E-state index contributed by atoms with van der Waals surface area (Å²) < 4.78 is 0. The number of Topliss-reactive ketones (excluding diaryl/α,β-unsaturated/α-hetero) is 1. The molecule has 3 heteroatoms. The number of ketones is 1. The van der Waals surface area contributed by atoms with Crippen LogP contribution in [0.4, 0.5) is 0 Å². The number of alkyl halides is 2. The molecular weight excluding hydrogens is 215 g/mol. The summed E-state index contributed by atoms with van der Waals surface area (Å²) in [6, 6.07) is 0. The minimum atomic E-state index is 0.176. The standard InChI is InChI=1S/C3H4Br2O/c4-1-3(6)2-5/h1-2H2/i1+1,2+1,3+1. The zero-order valence-corrected chi connectivity index (χ0v) is 6.25. The molecule has 0 atom stereocenters. The van der Waals surface area contributed by atoms with Gasteiger partial charge in [-0.1, -0.05) is 31.9 Å². The summed E-state index contributed by atoms with van der Waals surface area (Å²) in [5.74, 6) is 0.176. The van der Waals surface area contributed by atoms with Gasteiger partial charge in [-0.05, 0) is 0 Å². The topological polar surface area (TPSA) is 17.1 Å². The molecule has 0 amide bonds. The third kappa shape index (κ3) is 2.85. The van der Waals surface area contributed by atoms with Crippen LogP contribution in [0.25, 0.3) is 0 Å². The molecule has 1 nitrogen and oxygen atoms in total. The SMILES string of the molecule is O=[13C]([13CH2]Br)[13CH2]Br. The molecule has 0 aromatic heterocycles. The first-order valence-corrected chi connectivity index (χ1v) is 3.69. The van der Waals surface area contributed by atoms with Gasteiger partial charge < -0.3 is 0 Å². The fourth-order valence-electron chi connectivity index (χ4n) is 0.0357. The lowest BCUT2D eigenvalue weighted by Crippen LogP contribution is -1.97. The van der Waals surface area contributed by atoms with Crippen molar-refractivity contribution in [3.63, 3.8) is 0 Å². The van der Waals surface area contributed by atoms with Crippen molar-refractivity contribution < 1.29 is 4.79 Å². The summed E-state index contributed by atoms with van der Waals surface area (Å²) >= 11 is 5.99. The fraction of sp³-hybridized carbons (Fsp3) is 0.667. The van der Waals surface area contributed by atoms with Gasteiger partial charge in [0.15, 0.2) is 5.78 Å². The number of carbonyl (C=O) groups excluding carboxylic acids is 1. The smallest absolute Gasteiger partial charge is 0.153 e. The van der Waals surface area contributed by atoms with Crippen LogP contribution in [-0.4, -0.2) is 16.4 Å². The summed E-state index contributed by atoms with van der Waals surface area (Å²) in [5, 5.41) is 0.913. The van der Waals surface area contributed by atoms with E-state index in [1.807, 2.05) is 0 Å². The Bertz CT molecular complexity index is 46.8. The highest BCUT2D eigenvalue weighted by molar-refractivity contribution is 9.10. The molecule has 0 saturated carbocycles. The summed E-state index contributed by atoms with van der Waals surface area (Å²) in [6.45, 7) is 0. The molecular formula is C3H4Br2O. The molecule has 0 rings (SSSR count). The maximum Gasteiger partial charge on any atom is 0.153 e. The van der Waals surface area contributed by atoms with E-state index >= 15 is 0 Å². The largest absolute Gasteiger partial charge is 0.298 e. The lowest BCUT2D eigenvalue weighted by Gasteiger charge is -1.78. The fourth-order valence-corrected chi connectivity index (χ4v) is 0.964. The highest BCUT2D eigenvalue weighted by atomic mass is 79.9. The Kier molecular flexibility index (Phi) is 4.21. The van der Waals surface area contributed by atoms with Crippen LogP contribution in [0.2, 0.25) is 0 Å². The molecule has 0 aromatic carbocycles. The van der Waals surface area contributed by atoms with Gasteiger partial charge in [-0.25, -0.2) is 0 Å². The van der Waals surface area contributed by atoms with E-state index in [4.69, 9.17) is 0 Å². The van der Waals surface area contributed by atoms with E-state index in [2.05, 4.69) is 31.9 Å². The van der Waals surface area contributed by atoms with E-state index in [-0.39, 0.29) is 5.78 Å². The van der Waals surface area contributed by atoms with Gasteiger partial charge in [0.2, 0.25) is 0 Å². The highest BCUT2D eigenvalue weighted by Crippen LogP contribution is 1.86. The molecule has 0 unspecified atom stereocenters. The Morgan fingerprint density at radius 3 is 1.67 bits per heavy atom. The van der Waals surface area contributed by atoms with Crippen molar-refractivity contribution in [2.75, 3.05) is 10.7 Å². The van der Waals surface area contributed by atoms with E-state index in [0.29, 0.717) is 10.7 Å². The minimum absolute atomic E-state index is 0.176. The molecule has 36 valence electrons. The summed E-state index contributed by atoms with van der Waals surface area (Å²) in [7, 11) is 0. The van der Waals surface area contributed by atoms with Gasteiger partial charge in [-0.15, -0.1) is 0 Å². The zero-order chi connectivity index (χ0) is 4.99. The molecule has 6 heavy (non-hydrogen) atoms. The van der Waals surface area contributed by atoms with Crippen LogP contribution in [0.5, 0.6) is 0 Å². The van der Waals surface area contributed by atoms with Crippen molar-refractivity contribution in [1.82, 2.24) is 0 Å². The van der Waals surface area contributed by atoms with Crippen molar-refractivity contribution in [3.05, 3.63) is 0 Å². The van der Waals surface area contributed by atoms with Gasteiger partial charge in [0.1, 0.15) is 0 Å². The Hall–Kier alpha value is 0.630. The van der Waals surface area contributed by atoms with Gasteiger partial charge in [0.05, 0.1) is 10.7 Å². The van der Waals surface area contributed by atoms with Gasteiger partial charge in [-0.3, -0.25) is 4.79 Å². The zero-order valence-electron chi connectivity index (χ0n) is 3.08. The number of halogens is 2. The Morgan fingerprint density at radius 2 is 1.67 bits per heavy atom. The first kappa shape index (κ1) is 6.63. The predicted octanol–water partition coefficient (Wildman–Crippen LogP) is 1.35. The van der Waals surface area contributed by atoms with Crippen molar-refractivity contribution in [3.8, 4) is 0 Å². The van der Waals surface area contributed by atoms with E-state index < -0.39 is 0 Å². The number of rotatable bonds is 2. The third-order valence-corrected chi connectivity index (χ3v) is 1.55. The van der Waals surface area contributed by atoms with Crippen molar-refractivity contribution in [2.24, 2.45) is 0 Å². The maximum atomic E-state index is 10.1. The van der Waals surface area contributed by atoms with Crippen molar-refractivity contribution in [2.45, 2.75) is 0 Å². The summed E-state index contributed by atoms with van der Waals surface area (Å²) in [4.78, 5) is 10.1. The van der Waals surface area contributed by atoms with Crippen LogP contribution in [0.1, 0.15) is 0 Å². The van der Waals surface area contributed by atoms with Gasteiger partial charge >= 0.3 is 0 Å².